The van der Waals surface area contributed by atoms with Gasteiger partial charge < -0.3 is 4.74 Å². The van der Waals surface area contributed by atoms with Gasteiger partial charge in [-0.2, -0.15) is 0 Å². The van der Waals surface area contributed by atoms with E-state index in [1.165, 1.54) is 12.8 Å². The topological polar surface area (TPSA) is 9.23 Å². The van der Waals surface area contributed by atoms with Crippen molar-refractivity contribution in [3.63, 3.8) is 0 Å². The Balaban J connectivity index is 0.000000488. The van der Waals surface area contributed by atoms with Gasteiger partial charge in [-0.15, -0.1) is 0 Å². The molecule has 1 heterocycles. The van der Waals surface area contributed by atoms with E-state index in [4.69, 9.17) is 4.74 Å². The van der Waals surface area contributed by atoms with E-state index in [0.29, 0.717) is 0 Å². The second kappa shape index (κ2) is 8.02. The molecular formula is C20H40OSi3. The lowest BCUT2D eigenvalue weighted by Gasteiger charge is -2.32. The number of ether oxygens (including phenoxy) is 1. The van der Waals surface area contributed by atoms with Gasteiger partial charge in [-0.3, -0.25) is 0 Å². The summed E-state index contributed by atoms with van der Waals surface area (Å²) in [6.07, 6.45) is 2.56. The number of benzene rings is 1. The minimum absolute atomic E-state index is 1.00. The van der Waals surface area contributed by atoms with E-state index in [9.17, 15) is 0 Å². The molecule has 2 rings (SSSR count). The van der Waals surface area contributed by atoms with E-state index in [-0.39, 0.29) is 0 Å². The maximum Gasteiger partial charge on any atom is 0.0779 e. The fraction of sp³-hybridized carbons (Fsp3) is 0.700. The molecule has 0 N–H and O–H groups in total. The van der Waals surface area contributed by atoms with Gasteiger partial charge in [0.25, 0.3) is 0 Å². The van der Waals surface area contributed by atoms with Gasteiger partial charge in [-0.25, -0.2) is 0 Å². The third-order valence-corrected chi connectivity index (χ3v) is 11.1. The zero-order valence-corrected chi connectivity index (χ0v) is 20.9. The molecular weight excluding hydrogens is 340 g/mol. The number of hydrogen-bond acceptors (Lipinski definition) is 1. The molecule has 0 aromatic heterocycles. The van der Waals surface area contributed by atoms with Gasteiger partial charge in [0.05, 0.1) is 24.2 Å². The lowest BCUT2D eigenvalue weighted by molar-refractivity contribution is 0.198. The average Bonchev–Trinajstić information content (AvgIpc) is 2.93. The van der Waals surface area contributed by atoms with Crippen molar-refractivity contribution in [1.82, 2.24) is 0 Å². The summed E-state index contributed by atoms with van der Waals surface area (Å²) >= 11 is 0. The molecule has 1 aromatic rings. The highest BCUT2D eigenvalue weighted by molar-refractivity contribution is 6.99. The van der Waals surface area contributed by atoms with Crippen LogP contribution in [0.2, 0.25) is 58.9 Å². The summed E-state index contributed by atoms with van der Waals surface area (Å²) < 4.78 is 4.94. The first-order chi connectivity index (χ1) is 10.7. The molecule has 0 saturated carbocycles. The normalized spacial score (nSPS) is 15.9. The second-order valence-electron chi connectivity index (χ2n) is 10.3. The maximum atomic E-state index is 4.94. The van der Waals surface area contributed by atoms with Gasteiger partial charge >= 0.3 is 0 Å². The van der Waals surface area contributed by atoms with Crippen LogP contribution in [0.5, 0.6) is 0 Å². The van der Waals surface area contributed by atoms with E-state index in [1.54, 1.807) is 21.1 Å². The largest absolute Gasteiger partial charge is 0.381 e. The molecule has 1 fully saturated rings. The third kappa shape index (κ3) is 6.28. The van der Waals surface area contributed by atoms with Crippen LogP contribution >= 0.6 is 0 Å². The Hall–Kier alpha value is -0.169. The van der Waals surface area contributed by atoms with Crippen molar-refractivity contribution < 1.29 is 4.74 Å². The van der Waals surface area contributed by atoms with Crippen LogP contribution < -0.4 is 15.6 Å². The van der Waals surface area contributed by atoms with E-state index in [2.05, 4.69) is 78.0 Å². The van der Waals surface area contributed by atoms with E-state index < -0.39 is 24.2 Å². The van der Waals surface area contributed by atoms with Crippen molar-refractivity contribution in [2.24, 2.45) is 0 Å². The van der Waals surface area contributed by atoms with Crippen molar-refractivity contribution in [3.05, 3.63) is 17.7 Å². The summed E-state index contributed by atoms with van der Waals surface area (Å²) in [6.45, 7) is 26.7. The molecule has 24 heavy (non-hydrogen) atoms. The molecule has 0 bridgehead atoms. The zero-order chi connectivity index (χ0) is 18.8. The molecule has 1 saturated heterocycles. The van der Waals surface area contributed by atoms with Crippen LogP contribution in [0, 0.1) is 6.92 Å². The van der Waals surface area contributed by atoms with Crippen LogP contribution in [0.25, 0.3) is 0 Å². The van der Waals surface area contributed by atoms with Gasteiger partial charge in [0.1, 0.15) is 0 Å². The minimum Gasteiger partial charge on any atom is -0.381 e. The monoisotopic (exact) mass is 380 g/mol. The molecule has 1 aliphatic rings. The second-order valence-corrected chi connectivity index (χ2v) is 25.4. The van der Waals surface area contributed by atoms with Crippen molar-refractivity contribution in [1.29, 1.82) is 0 Å². The van der Waals surface area contributed by atoms with Crippen LogP contribution in [0.3, 0.4) is 0 Å². The van der Waals surface area contributed by atoms with Crippen molar-refractivity contribution in [2.75, 3.05) is 13.2 Å². The quantitative estimate of drug-likeness (QED) is 0.705. The summed E-state index contributed by atoms with van der Waals surface area (Å²) in [5.74, 6) is 0. The zero-order valence-electron chi connectivity index (χ0n) is 17.9. The molecule has 1 nitrogen and oxygen atoms in total. The Kier molecular flexibility index (Phi) is 7.31. The number of aryl methyl sites for hydroxylation is 1. The van der Waals surface area contributed by atoms with Crippen molar-refractivity contribution in [3.8, 4) is 0 Å². The molecule has 0 spiro atoms. The van der Waals surface area contributed by atoms with E-state index in [1.807, 2.05) is 0 Å². The smallest absolute Gasteiger partial charge is 0.0779 e. The summed E-state index contributed by atoms with van der Waals surface area (Å²) in [5, 5.41) is 5.12. The van der Waals surface area contributed by atoms with Crippen LogP contribution in [-0.4, -0.2) is 37.4 Å². The average molecular weight is 381 g/mol. The van der Waals surface area contributed by atoms with Gasteiger partial charge in [0.15, 0.2) is 0 Å². The summed E-state index contributed by atoms with van der Waals surface area (Å²) in [6, 6.07) is 5.16. The molecule has 0 radical (unpaired) electrons. The highest BCUT2D eigenvalue weighted by Gasteiger charge is 2.30. The summed E-state index contributed by atoms with van der Waals surface area (Å²) in [4.78, 5) is 0. The standard InChI is InChI=1S/C16H32Si3.C4H8O/c1-13-11-15(18(5,6)7)16(19(8,9)10)12-14(13)17(2,3)4;1-2-4-5-3-1/h11-12H,1-10H3;1-4H2. The molecule has 0 amide bonds. The Labute approximate surface area is 154 Å². The predicted octanol–water partition coefficient (Wildman–Crippen LogP) is 4.43. The van der Waals surface area contributed by atoms with Crippen molar-refractivity contribution >= 4 is 39.8 Å². The Morgan fingerprint density at radius 2 is 1.00 bits per heavy atom. The molecule has 1 aromatic carbocycles. The fourth-order valence-electron chi connectivity index (χ4n) is 3.27. The Bertz CT molecular complexity index is 534. The highest BCUT2D eigenvalue weighted by Crippen LogP contribution is 2.11. The molecule has 1 aliphatic heterocycles. The molecule has 4 heteroatoms. The van der Waals surface area contributed by atoms with Gasteiger partial charge in [-0.1, -0.05) is 92.2 Å². The molecule has 0 unspecified atom stereocenters. The molecule has 0 aliphatic carbocycles. The minimum atomic E-state index is -1.26. The fourth-order valence-corrected chi connectivity index (χ4v) is 10.5. The first kappa shape index (κ1) is 21.9. The van der Waals surface area contributed by atoms with Crippen molar-refractivity contribution in [2.45, 2.75) is 78.7 Å². The van der Waals surface area contributed by atoms with E-state index in [0.717, 1.165) is 13.2 Å². The van der Waals surface area contributed by atoms with Crippen LogP contribution in [0.1, 0.15) is 18.4 Å². The van der Waals surface area contributed by atoms with E-state index >= 15 is 0 Å². The highest BCUT2D eigenvalue weighted by atomic mass is 28.3. The number of hydrogen-bond donors (Lipinski definition) is 0. The van der Waals surface area contributed by atoms with Gasteiger partial charge in [-0.05, 0) is 19.8 Å². The SMILES string of the molecule is C1CCOC1.Cc1cc([Si](C)(C)C)c([Si](C)(C)C)cc1[Si](C)(C)C. The lowest BCUT2D eigenvalue weighted by Crippen LogP contribution is -2.59. The first-order valence-corrected chi connectivity index (χ1v) is 20.0. The third-order valence-electron chi connectivity index (χ3n) is 4.62. The molecule has 138 valence electrons. The molecule has 0 atom stereocenters. The van der Waals surface area contributed by atoms with Crippen LogP contribution in [-0.2, 0) is 4.74 Å². The summed E-state index contributed by atoms with van der Waals surface area (Å²) in [5.41, 5.74) is 1.54. The first-order valence-electron chi connectivity index (χ1n) is 9.48. The van der Waals surface area contributed by atoms with Crippen LogP contribution in [0.15, 0.2) is 12.1 Å². The Morgan fingerprint density at radius 3 is 1.29 bits per heavy atom. The van der Waals surface area contributed by atoms with Gasteiger partial charge in [0.2, 0.25) is 0 Å². The van der Waals surface area contributed by atoms with Crippen LogP contribution in [0.4, 0.5) is 0 Å². The lowest BCUT2D eigenvalue weighted by atomic mass is 10.2. The van der Waals surface area contributed by atoms with Gasteiger partial charge in [0, 0.05) is 13.2 Å². The summed E-state index contributed by atoms with van der Waals surface area (Å²) in [7, 11) is -3.75. The maximum absolute atomic E-state index is 4.94. The predicted molar refractivity (Wildman–Crippen MR) is 120 cm³/mol. The Morgan fingerprint density at radius 1 is 0.625 bits per heavy atom. The number of rotatable bonds is 3.